The number of carbonyl (C=O) groups excluding carboxylic acids is 2. The fourth-order valence-corrected chi connectivity index (χ4v) is 2.81. The summed E-state index contributed by atoms with van der Waals surface area (Å²) in [5.41, 5.74) is 0.436. The van der Waals surface area contributed by atoms with E-state index in [2.05, 4.69) is 5.32 Å². The fraction of sp³-hybridized carbons (Fsp3) is 0.333. The molecule has 0 heterocycles. The number of nitrogens with zero attached hydrogens (tertiary/aromatic N) is 1. The zero-order chi connectivity index (χ0) is 21.1. The van der Waals surface area contributed by atoms with Gasteiger partial charge in [-0.05, 0) is 35.2 Å². The lowest BCUT2D eigenvalue weighted by molar-refractivity contribution is -0.137. The first-order chi connectivity index (χ1) is 12.9. The van der Waals surface area contributed by atoms with Crippen molar-refractivity contribution in [3.63, 3.8) is 0 Å². The molecule has 7 heteroatoms. The molecule has 0 saturated heterocycles. The van der Waals surface area contributed by atoms with Gasteiger partial charge in [0.25, 0.3) is 0 Å². The third-order valence-electron chi connectivity index (χ3n) is 4.18. The second-order valence-electron chi connectivity index (χ2n) is 7.50. The first-order valence-electron chi connectivity index (χ1n) is 8.74. The molecular formula is C21H23F3N2O2. The Morgan fingerprint density at radius 2 is 1.64 bits per heavy atom. The van der Waals surface area contributed by atoms with Crippen molar-refractivity contribution in [2.45, 2.75) is 39.3 Å². The van der Waals surface area contributed by atoms with Crippen LogP contribution in [-0.2, 0) is 21.2 Å². The molecule has 28 heavy (non-hydrogen) atoms. The summed E-state index contributed by atoms with van der Waals surface area (Å²) in [6, 6.07) is 11.6. The summed E-state index contributed by atoms with van der Waals surface area (Å²) in [5, 5.41) is 2.76. The minimum Gasteiger partial charge on any atom is -0.324 e. The fourth-order valence-electron chi connectivity index (χ4n) is 2.81. The van der Waals surface area contributed by atoms with E-state index in [0.717, 1.165) is 22.6 Å². The lowest BCUT2D eigenvalue weighted by atomic mass is 9.86. The molecule has 150 valence electrons. The molecule has 0 aliphatic rings. The monoisotopic (exact) mass is 392 g/mol. The average Bonchev–Trinajstić information content (AvgIpc) is 2.58. The Bertz CT molecular complexity index is 870. The molecule has 0 saturated carbocycles. The number of alkyl halides is 3. The summed E-state index contributed by atoms with van der Waals surface area (Å²) in [5.74, 6) is -1.03. The van der Waals surface area contributed by atoms with E-state index in [-0.39, 0.29) is 11.1 Å². The van der Waals surface area contributed by atoms with Crippen molar-refractivity contribution >= 4 is 23.2 Å². The Kier molecular flexibility index (Phi) is 6.17. The minimum absolute atomic E-state index is 0.0154. The molecule has 0 aliphatic heterocycles. The number of halogens is 3. The van der Waals surface area contributed by atoms with Gasteiger partial charge in [0.05, 0.1) is 5.56 Å². The maximum atomic E-state index is 13.0. The van der Waals surface area contributed by atoms with Gasteiger partial charge in [-0.2, -0.15) is 13.2 Å². The van der Waals surface area contributed by atoms with Gasteiger partial charge in [-0.3, -0.25) is 9.59 Å². The molecule has 0 spiro atoms. The van der Waals surface area contributed by atoms with Crippen molar-refractivity contribution in [2.75, 3.05) is 16.8 Å². The molecule has 2 aromatic rings. The van der Waals surface area contributed by atoms with Crippen LogP contribution < -0.4 is 10.2 Å². The zero-order valence-corrected chi connectivity index (χ0v) is 16.2. The molecule has 0 atom stereocenters. The van der Waals surface area contributed by atoms with E-state index in [1.807, 2.05) is 32.9 Å². The zero-order valence-electron chi connectivity index (χ0n) is 16.2. The Morgan fingerprint density at radius 3 is 2.21 bits per heavy atom. The molecule has 0 radical (unpaired) electrons. The Balaban J connectivity index is 2.25. The number of carbonyl (C=O) groups is 2. The second kappa shape index (κ2) is 8.04. The van der Waals surface area contributed by atoms with Crippen LogP contribution in [0.4, 0.5) is 24.5 Å². The lowest BCUT2D eigenvalue weighted by Gasteiger charge is -2.25. The van der Waals surface area contributed by atoms with Gasteiger partial charge in [0.15, 0.2) is 0 Å². The minimum atomic E-state index is -4.54. The number of nitrogens with one attached hydrogen (secondary N) is 1. The van der Waals surface area contributed by atoms with Gasteiger partial charge >= 0.3 is 6.18 Å². The van der Waals surface area contributed by atoms with Crippen LogP contribution in [0.5, 0.6) is 0 Å². The standard InChI is InChI=1S/C21H23F3N2O2/c1-14(27)26(16-9-7-8-15(12-16)21(22,23)24)13-19(28)25-18-11-6-5-10-17(18)20(2,3)4/h5-12H,13H2,1-4H3,(H,25,28). The van der Waals surface area contributed by atoms with E-state index < -0.39 is 30.1 Å². The van der Waals surface area contributed by atoms with Crippen LogP contribution in [0.1, 0.15) is 38.8 Å². The number of hydrogen-bond donors (Lipinski definition) is 1. The molecule has 2 rings (SSSR count). The van der Waals surface area contributed by atoms with E-state index >= 15 is 0 Å². The summed E-state index contributed by atoms with van der Waals surface area (Å²) in [6.45, 7) is 6.82. The predicted molar refractivity (Wildman–Crippen MR) is 103 cm³/mol. The van der Waals surface area contributed by atoms with Gasteiger partial charge in [0, 0.05) is 18.3 Å². The summed E-state index contributed by atoms with van der Waals surface area (Å²) in [4.78, 5) is 25.5. The third-order valence-corrected chi connectivity index (χ3v) is 4.18. The van der Waals surface area contributed by atoms with Crippen molar-refractivity contribution in [2.24, 2.45) is 0 Å². The maximum absolute atomic E-state index is 13.0. The number of hydrogen-bond acceptors (Lipinski definition) is 2. The van der Waals surface area contributed by atoms with Crippen LogP contribution in [0.15, 0.2) is 48.5 Å². The lowest BCUT2D eigenvalue weighted by Crippen LogP contribution is -2.37. The quantitative estimate of drug-likeness (QED) is 0.797. The van der Waals surface area contributed by atoms with Crippen molar-refractivity contribution in [1.82, 2.24) is 0 Å². The van der Waals surface area contributed by atoms with Gasteiger partial charge in [-0.1, -0.05) is 45.0 Å². The van der Waals surface area contributed by atoms with Gasteiger partial charge in [-0.25, -0.2) is 0 Å². The molecule has 2 aromatic carbocycles. The summed E-state index contributed by atoms with van der Waals surface area (Å²) in [7, 11) is 0. The highest BCUT2D eigenvalue weighted by Crippen LogP contribution is 2.32. The van der Waals surface area contributed by atoms with Crippen LogP contribution in [0, 0.1) is 0 Å². The van der Waals surface area contributed by atoms with E-state index in [0.29, 0.717) is 5.69 Å². The number of para-hydroxylation sites is 1. The van der Waals surface area contributed by atoms with E-state index in [1.165, 1.54) is 19.1 Å². The van der Waals surface area contributed by atoms with Crippen molar-refractivity contribution < 1.29 is 22.8 Å². The van der Waals surface area contributed by atoms with Gasteiger partial charge in [-0.15, -0.1) is 0 Å². The second-order valence-corrected chi connectivity index (χ2v) is 7.50. The number of rotatable bonds is 4. The van der Waals surface area contributed by atoms with Crippen LogP contribution in [-0.4, -0.2) is 18.4 Å². The third kappa shape index (κ3) is 5.34. The highest BCUT2D eigenvalue weighted by Gasteiger charge is 2.31. The maximum Gasteiger partial charge on any atom is 0.416 e. The van der Waals surface area contributed by atoms with Crippen LogP contribution in [0.2, 0.25) is 0 Å². The summed E-state index contributed by atoms with van der Waals surface area (Å²) < 4.78 is 38.9. The smallest absolute Gasteiger partial charge is 0.324 e. The van der Waals surface area contributed by atoms with Crippen molar-refractivity contribution in [3.05, 3.63) is 59.7 Å². The summed E-state index contributed by atoms with van der Waals surface area (Å²) >= 11 is 0. The summed E-state index contributed by atoms with van der Waals surface area (Å²) in [6.07, 6.45) is -4.54. The largest absolute Gasteiger partial charge is 0.416 e. The molecule has 0 bridgehead atoms. The average molecular weight is 392 g/mol. The number of amides is 2. The van der Waals surface area contributed by atoms with Crippen LogP contribution in [0.3, 0.4) is 0 Å². The van der Waals surface area contributed by atoms with Crippen molar-refractivity contribution in [3.8, 4) is 0 Å². The molecule has 0 aliphatic carbocycles. The number of benzene rings is 2. The van der Waals surface area contributed by atoms with Gasteiger partial charge < -0.3 is 10.2 Å². The van der Waals surface area contributed by atoms with Crippen LogP contribution in [0.25, 0.3) is 0 Å². The topological polar surface area (TPSA) is 49.4 Å². The van der Waals surface area contributed by atoms with Crippen molar-refractivity contribution in [1.29, 1.82) is 0 Å². The van der Waals surface area contributed by atoms with Gasteiger partial charge in [0.2, 0.25) is 11.8 Å². The van der Waals surface area contributed by atoms with E-state index in [1.54, 1.807) is 12.1 Å². The van der Waals surface area contributed by atoms with E-state index in [9.17, 15) is 22.8 Å². The highest BCUT2D eigenvalue weighted by atomic mass is 19.4. The first-order valence-corrected chi connectivity index (χ1v) is 8.74. The molecule has 2 amide bonds. The normalized spacial score (nSPS) is 11.8. The molecule has 0 unspecified atom stereocenters. The van der Waals surface area contributed by atoms with Crippen LogP contribution >= 0.6 is 0 Å². The molecule has 0 aromatic heterocycles. The highest BCUT2D eigenvalue weighted by molar-refractivity contribution is 6.02. The number of anilines is 2. The van der Waals surface area contributed by atoms with E-state index in [4.69, 9.17) is 0 Å². The molecular weight excluding hydrogens is 369 g/mol. The first kappa shape index (κ1) is 21.5. The Hall–Kier alpha value is -2.83. The molecule has 0 fully saturated rings. The SMILES string of the molecule is CC(=O)N(CC(=O)Nc1ccccc1C(C)(C)C)c1cccc(C(F)(F)F)c1. The van der Waals surface area contributed by atoms with Gasteiger partial charge in [0.1, 0.15) is 6.54 Å². The molecule has 4 nitrogen and oxygen atoms in total. The predicted octanol–water partition coefficient (Wildman–Crippen LogP) is 4.99. The Morgan fingerprint density at radius 1 is 1.00 bits per heavy atom. The Labute approximate surface area is 162 Å². The molecule has 1 N–H and O–H groups in total.